The molecule has 4 heteroatoms. The number of benzene rings is 2. The molecule has 0 aliphatic rings. The van der Waals surface area contributed by atoms with E-state index in [4.69, 9.17) is 14.2 Å². The van der Waals surface area contributed by atoms with Crippen LogP contribution in [-0.2, 0) is 6.42 Å². The van der Waals surface area contributed by atoms with Gasteiger partial charge in [0, 0.05) is 5.22 Å². The van der Waals surface area contributed by atoms with Gasteiger partial charge in [-0.3, -0.25) is 0 Å². The van der Waals surface area contributed by atoms with E-state index in [1.165, 1.54) is 22.3 Å². The average Bonchev–Trinajstić information content (AvgIpc) is 2.76. The molecule has 0 unspecified atom stereocenters. The fourth-order valence-electron chi connectivity index (χ4n) is 3.48. The van der Waals surface area contributed by atoms with Crippen molar-refractivity contribution in [3.05, 3.63) is 64.6 Å². The number of rotatable bonds is 8. The summed E-state index contributed by atoms with van der Waals surface area (Å²) in [5.41, 5.74) is 4.93. The first-order valence-electron chi connectivity index (χ1n) is 10.1. The number of aryl methyl sites for hydroxylation is 1. The Morgan fingerprint density at radius 1 is 1.17 bits per heavy atom. The van der Waals surface area contributed by atoms with Crippen molar-refractivity contribution in [2.75, 3.05) is 14.2 Å². The fraction of sp³-hybridized carbons (Fsp3) is 0.346. The SMILES string of the molecule is [CH2-]Oc1[c-]cc(CCC)c(C(/C=c2/ccc(OC)c(OC)/c2=C/C)=C(/C)CC)c1.[U+2]. The maximum absolute atomic E-state index is 5.65. The first-order chi connectivity index (χ1) is 14.0. The molecule has 2 aromatic carbocycles. The van der Waals surface area contributed by atoms with Gasteiger partial charge in [0.2, 0.25) is 0 Å². The van der Waals surface area contributed by atoms with Gasteiger partial charge in [-0.1, -0.05) is 44.4 Å². The van der Waals surface area contributed by atoms with Crippen molar-refractivity contribution < 1.29 is 45.3 Å². The van der Waals surface area contributed by atoms with Crippen LogP contribution in [0.2, 0.25) is 0 Å². The van der Waals surface area contributed by atoms with Crippen LogP contribution in [0.5, 0.6) is 17.2 Å². The molecule has 2 aromatic rings. The number of methoxy groups -OCH3 is 2. The Morgan fingerprint density at radius 3 is 2.43 bits per heavy atom. The molecule has 0 saturated heterocycles. The number of ether oxygens (including phenoxy) is 3. The molecule has 0 aliphatic heterocycles. The number of hydrogen-bond donors (Lipinski definition) is 0. The fourth-order valence-corrected chi connectivity index (χ4v) is 3.48. The molecular weight excluding hydrogens is 598 g/mol. The Labute approximate surface area is 205 Å². The van der Waals surface area contributed by atoms with Crippen LogP contribution in [0.4, 0.5) is 0 Å². The van der Waals surface area contributed by atoms with Crippen LogP contribution in [0.25, 0.3) is 17.7 Å². The molecule has 0 aliphatic carbocycles. The third-order valence-electron chi connectivity index (χ3n) is 5.17. The van der Waals surface area contributed by atoms with E-state index in [1.807, 2.05) is 25.1 Å². The topological polar surface area (TPSA) is 27.7 Å². The second-order valence-electron chi connectivity index (χ2n) is 6.92. The smallest absolute Gasteiger partial charge is 0.683 e. The van der Waals surface area contributed by atoms with Crippen LogP contribution in [-0.4, -0.2) is 14.2 Å². The molecular formula is C26H32O3U. The quantitative estimate of drug-likeness (QED) is 0.381. The van der Waals surface area contributed by atoms with E-state index in [2.05, 4.69) is 52.2 Å². The summed E-state index contributed by atoms with van der Waals surface area (Å²) < 4.78 is 16.3. The predicted octanol–water partition coefficient (Wildman–Crippen LogP) is 5.09. The zero-order chi connectivity index (χ0) is 21.4. The monoisotopic (exact) mass is 630 g/mol. The van der Waals surface area contributed by atoms with Crippen molar-refractivity contribution in [2.45, 2.75) is 47.0 Å². The van der Waals surface area contributed by atoms with Gasteiger partial charge < -0.3 is 14.2 Å². The first-order valence-corrected chi connectivity index (χ1v) is 10.1. The first kappa shape index (κ1) is 26.4. The van der Waals surface area contributed by atoms with Gasteiger partial charge in [-0.25, -0.2) is 0 Å². The maximum atomic E-state index is 5.65. The molecule has 0 saturated carbocycles. The van der Waals surface area contributed by atoms with Crippen molar-refractivity contribution in [3.8, 4) is 17.2 Å². The molecule has 0 amide bonds. The van der Waals surface area contributed by atoms with Gasteiger partial charge >= 0.3 is 31.1 Å². The summed E-state index contributed by atoms with van der Waals surface area (Å²) in [5.74, 6) is 2.11. The summed E-state index contributed by atoms with van der Waals surface area (Å²) in [6.45, 7) is 8.56. The largest absolute Gasteiger partial charge is 2.00 e. The maximum Gasteiger partial charge on any atom is 2.00 e. The predicted molar refractivity (Wildman–Crippen MR) is 122 cm³/mol. The number of hydrogen-bond acceptors (Lipinski definition) is 3. The molecule has 0 fully saturated rings. The van der Waals surface area contributed by atoms with Crippen LogP contribution in [0.1, 0.15) is 51.7 Å². The third kappa shape index (κ3) is 5.96. The molecule has 0 heterocycles. The molecule has 0 radical (unpaired) electrons. The second kappa shape index (κ2) is 12.9. The van der Waals surface area contributed by atoms with E-state index in [0.29, 0.717) is 5.75 Å². The summed E-state index contributed by atoms with van der Waals surface area (Å²) in [6.07, 6.45) is 7.29. The van der Waals surface area contributed by atoms with Crippen molar-refractivity contribution in [1.82, 2.24) is 0 Å². The Morgan fingerprint density at radius 2 is 1.90 bits per heavy atom. The summed E-state index contributed by atoms with van der Waals surface area (Å²) in [6, 6.07) is 11.3. The molecule has 0 N–H and O–H groups in total. The van der Waals surface area contributed by atoms with Crippen molar-refractivity contribution >= 4 is 17.7 Å². The Balaban J connectivity index is 0.00000450. The normalized spacial score (nSPS) is 12.9. The molecule has 0 spiro atoms. The molecule has 0 bridgehead atoms. The van der Waals surface area contributed by atoms with E-state index in [0.717, 1.165) is 41.2 Å². The number of allylic oxidation sites excluding steroid dienone is 2. The summed E-state index contributed by atoms with van der Waals surface area (Å²) in [5, 5.41) is 2.10. The molecule has 2 rings (SSSR count). The van der Waals surface area contributed by atoms with Crippen LogP contribution < -0.4 is 24.6 Å². The Bertz CT molecular complexity index is 990. The molecule has 0 aromatic heterocycles. The minimum atomic E-state index is 0. The van der Waals surface area contributed by atoms with Crippen molar-refractivity contribution in [2.24, 2.45) is 0 Å². The summed E-state index contributed by atoms with van der Waals surface area (Å²) in [7, 11) is 6.89. The zero-order valence-corrected chi connectivity index (χ0v) is 23.2. The van der Waals surface area contributed by atoms with E-state index >= 15 is 0 Å². The minimum absolute atomic E-state index is 0. The minimum Gasteiger partial charge on any atom is -0.683 e. The standard InChI is InChI=1S/C26H32O3.U/c1-8-11-19-12-14-21(27-5)17-24(19)23(18(4)9-2)16-20-13-15-25(28-6)26(29-7)22(20)10-3;/h10,12-13,15-17H,5,8-9,11H2,1-4,6-7H3;/q-2;+2/b20-16-,22-10+,23-18-;. The van der Waals surface area contributed by atoms with Crippen molar-refractivity contribution in [1.29, 1.82) is 0 Å². The van der Waals surface area contributed by atoms with Crippen molar-refractivity contribution in [3.63, 3.8) is 0 Å². The van der Waals surface area contributed by atoms with E-state index in [9.17, 15) is 0 Å². The van der Waals surface area contributed by atoms with Gasteiger partial charge in [-0.2, -0.15) is 13.2 Å². The van der Waals surface area contributed by atoms with E-state index in [1.54, 1.807) is 14.2 Å². The molecule has 3 nitrogen and oxygen atoms in total. The van der Waals surface area contributed by atoms with Crippen LogP contribution >= 0.6 is 0 Å². The zero-order valence-electron chi connectivity index (χ0n) is 19.0. The Hall–Kier alpha value is -1.63. The van der Waals surface area contributed by atoms with Gasteiger partial charge in [0.25, 0.3) is 0 Å². The van der Waals surface area contributed by atoms with Gasteiger partial charge in [-0.05, 0) is 49.0 Å². The van der Waals surface area contributed by atoms with E-state index in [-0.39, 0.29) is 31.1 Å². The second-order valence-corrected chi connectivity index (χ2v) is 6.92. The van der Waals surface area contributed by atoms with Gasteiger partial charge in [-0.15, -0.1) is 23.3 Å². The summed E-state index contributed by atoms with van der Waals surface area (Å²) in [4.78, 5) is 0. The molecule has 30 heavy (non-hydrogen) atoms. The average molecular weight is 631 g/mol. The van der Waals surface area contributed by atoms with Gasteiger partial charge in [0.05, 0.1) is 14.2 Å². The molecule has 0 atom stereocenters. The third-order valence-corrected chi connectivity index (χ3v) is 5.17. The van der Waals surface area contributed by atoms with Gasteiger partial charge in [0.1, 0.15) is 0 Å². The summed E-state index contributed by atoms with van der Waals surface area (Å²) >= 11 is 0. The van der Waals surface area contributed by atoms with Crippen LogP contribution in [0, 0.1) is 44.3 Å². The van der Waals surface area contributed by atoms with Crippen LogP contribution in [0.3, 0.4) is 0 Å². The Kier molecular flexibility index (Phi) is 11.4. The van der Waals surface area contributed by atoms with E-state index < -0.39 is 0 Å². The van der Waals surface area contributed by atoms with Crippen LogP contribution in [0.15, 0.2) is 29.8 Å². The van der Waals surface area contributed by atoms with Gasteiger partial charge in [0.15, 0.2) is 11.5 Å². The molecule has 158 valence electrons.